The highest BCUT2D eigenvalue weighted by Gasteiger charge is 2.40. The predicted molar refractivity (Wildman–Crippen MR) is 91.5 cm³/mol. The van der Waals surface area contributed by atoms with Crippen molar-refractivity contribution in [1.29, 1.82) is 5.26 Å². The molecule has 0 saturated heterocycles. The first-order chi connectivity index (χ1) is 11.4. The van der Waals surface area contributed by atoms with Gasteiger partial charge in [-0.05, 0) is 44.5 Å². The van der Waals surface area contributed by atoms with Crippen LogP contribution in [0, 0.1) is 17.1 Å². The standard InChI is InChI=1S/C19H26FN3O/c1-15(22(2)13-16-8-7-9-17(20)12-16)18(24)23(3)19(14-21)10-5-4-6-11-19/h7-9,12,15H,4-6,10-11,13H2,1-3H3. The summed E-state index contributed by atoms with van der Waals surface area (Å²) in [7, 11) is 3.59. The fourth-order valence-corrected chi connectivity index (χ4v) is 3.40. The number of hydrogen-bond donors (Lipinski definition) is 0. The molecule has 130 valence electrons. The molecule has 0 bridgehead atoms. The number of carbonyl (C=O) groups excluding carboxylic acids is 1. The van der Waals surface area contributed by atoms with Crippen LogP contribution in [-0.2, 0) is 11.3 Å². The maximum atomic E-state index is 13.3. The minimum absolute atomic E-state index is 0.0580. The Hall–Kier alpha value is -1.93. The highest BCUT2D eigenvalue weighted by molar-refractivity contribution is 5.82. The van der Waals surface area contributed by atoms with Crippen molar-refractivity contribution in [3.63, 3.8) is 0 Å². The van der Waals surface area contributed by atoms with Gasteiger partial charge in [0.25, 0.3) is 0 Å². The van der Waals surface area contributed by atoms with Gasteiger partial charge in [0.05, 0.1) is 12.1 Å². The number of amides is 1. The van der Waals surface area contributed by atoms with E-state index in [1.54, 1.807) is 18.0 Å². The van der Waals surface area contributed by atoms with Crippen molar-refractivity contribution >= 4 is 5.91 Å². The Bertz CT molecular complexity index is 619. The summed E-state index contributed by atoms with van der Waals surface area (Å²) >= 11 is 0. The number of benzene rings is 1. The SMILES string of the molecule is CC(C(=O)N(C)C1(C#N)CCCCC1)N(C)Cc1cccc(F)c1. The van der Waals surface area contributed by atoms with E-state index in [2.05, 4.69) is 6.07 Å². The average molecular weight is 331 g/mol. The second-order valence-electron chi connectivity index (χ2n) is 6.82. The summed E-state index contributed by atoms with van der Waals surface area (Å²) in [6.45, 7) is 2.32. The second kappa shape index (κ2) is 7.76. The fraction of sp³-hybridized carbons (Fsp3) is 0.579. The molecule has 1 aliphatic carbocycles. The molecule has 1 aromatic carbocycles. The fourth-order valence-electron chi connectivity index (χ4n) is 3.40. The van der Waals surface area contributed by atoms with Gasteiger partial charge in [-0.1, -0.05) is 31.4 Å². The number of carbonyl (C=O) groups is 1. The van der Waals surface area contributed by atoms with Crippen LogP contribution >= 0.6 is 0 Å². The molecule has 24 heavy (non-hydrogen) atoms. The van der Waals surface area contributed by atoms with Crippen LogP contribution in [0.2, 0.25) is 0 Å². The largest absolute Gasteiger partial charge is 0.326 e. The van der Waals surface area contributed by atoms with Crippen molar-refractivity contribution in [2.24, 2.45) is 0 Å². The Labute approximate surface area is 143 Å². The van der Waals surface area contributed by atoms with Gasteiger partial charge in [0.15, 0.2) is 0 Å². The Balaban J connectivity index is 2.06. The number of rotatable bonds is 5. The van der Waals surface area contributed by atoms with Gasteiger partial charge in [0, 0.05) is 13.6 Å². The minimum Gasteiger partial charge on any atom is -0.326 e. The maximum Gasteiger partial charge on any atom is 0.240 e. The van der Waals surface area contributed by atoms with E-state index in [0.29, 0.717) is 6.54 Å². The summed E-state index contributed by atoms with van der Waals surface area (Å²) in [4.78, 5) is 16.4. The number of likely N-dealkylation sites (N-methyl/N-ethyl adjacent to an activating group) is 2. The molecule has 4 nitrogen and oxygen atoms in total. The molecule has 1 aromatic rings. The first kappa shape index (κ1) is 18.4. The zero-order valence-electron chi connectivity index (χ0n) is 14.8. The van der Waals surface area contributed by atoms with Crippen LogP contribution < -0.4 is 0 Å². The summed E-state index contributed by atoms with van der Waals surface area (Å²) < 4.78 is 13.3. The first-order valence-corrected chi connectivity index (χ1v) is 8.53. The van der Waals surface area contributed by atoms with Crippen molar-refractivity contribution < 1.29 is 9.18 Å². The van der Waals surface area contributed by atoms with Gasteiger partial charge >= 0.3 is 0 Å². The second-order valence-corrected chi connectivity index (χ2v) is 6.82. The molecule has 5 heteroatoms. The molecule has 1 unspecified atom stereocenters. The zero-order valence-corrected chi connectivity index (χ0v) is 14.8. The third-order valence-electron chi connectivity index (χ3n) is 5.20. The Morgan fingerprint density at radius 3 is 2.58 bits per heavy atom. The normalized spacial score (nSPS) is 18.0. The van der Waals surface area contributed by atoms with Gasteiger partial charge in [-0.2, -0.15) is 5.26 Å². The third kappa shape index (κ3) is 3.93. The Kier molecular flexibility index (Phi) is 5.95. The first-order valence-electron chi connectivity index (χ1n) is 8.53. The summed E-state index contributed by atoms with van der Waals surface area (Å²) in [5.74, 6) is -0.333. The molecule has 1 amide bonds. The van der Waals surface area contributed by atoms with Gasteiger partial charge < -0.3 is 4.90 Å². The molecule has 1 saturated carbocycles. The van der Waals surface area contributed by atoms with Crippen molar-refractivity contribution in [1.82, 2.24) is 9.80 Å². The van der Waals surface area contributed by atoms with E-state index in [1.807, 2.05) is 24.9 Å². The highest BCUT2D eigenvalue weighted by Crippen LogP contribution is 2.33. The lowest BCUT2D eigenvalue weighted by Crippen LogP contribution is -2.55. The van der Waals surface area contributed by atoms with Gasteiger partial charge in [-0.15, -0.1) is 0 Å². The third-order valence-corrected chi connectivity index (χ3v) is 5.20. The molecule has 1 atom stereocenters. The van der Waals surface area contributed by atoms with E-state index >= 15 is 0 Å². The molecule has 2 rings (SSSR count). The summed E-state index contributed by atoms with van der Waals surface area (Å²) in [5, 5.41) is 9.65. The van der Waals surface area contributed by atoms with Gasteiger partial charge in [-0.25, -0.2) is 4.39 Å². The van der Waals surface area contributed by atoms with E-state index in [1.165, 1.54) is 12.1 Å². The van der Waals surface area contributed by atoms with Crippen LogP contribution in [0.4, 0.5) is 4.39 Å². The number of hydrogen-bond acceptors (Lipinski definition) is 3. The van der Waals surface area contributed by atoms with E-state index in [0.717, 1.165) is 37.7 Å². The van der Waals surface area contributed by atoms with E-state index < -0.39 is 5.54 Å². The van der Waals surface area contributed by atoms with Crippen molar-refractivity contribution in [3.8, 4) is 6.07 Å². The molecule has 0 aromatic heterocycles. The molecule has 1 aliphatic rings. The van der Waals surface area contributed by atoms with E-state index in [4.69, 9.17) is 0 Å². The van der Waals surface area contributed by atoms with E-state index in [9.17, 15) is 14.4 Å². The lowest BCUT2D eigenvalue weighted by molar-refractivity contribution is -0.139. The smallest absolute Gasteiger partial charge is 0.240 e. The zero-order chi connectivity index (χ0) is 17.7. The van der Waals surface area contributed by atoms with Crippen LogP contribution in [-0.4, -0.2) is 41.4 Å². The van der Waals surface area contributed by atoms with Gasteiger partial charge in [0.2, 0.25) is 5.91 Å². The van der Waals surface area contributed by atoms with Crippen LogP contribution in [0.15, 0.2) is 24.3 Å². The van der Waals surface area contributed by atoms with Crippen molar-refractivity contribution in [3.05, 3.63) is 35.6 Å². The molecule has 0 N–H and O–H groups in total. The number of nitriles is 1. The average Bonchev–Trinajstić information content (AvgIpc) is 2.60. The van der Waals surface area contributed by atoms with Crippen molar-refractivity contribution in [2.45, 2.75) is 57.2 Å². The van der Waals surface area contributed by atoms with Gasteiger partial charge in [0.1, 0.15) is 11.4 Å². The minimum atomic E-state index is -0.677. The quantitative estimate of drug-likeness (QED) is 0.831. The topological polar surface area (TPSA) is 47.3 Å². The monoisotopic (exact) mass is 331 g/mol. The molecule has 0 heterocycles. The van der Waals surface area contributed by atoms with Crippen LogP contribution in [0.1, 0.15) is 44.6 Å². The summed E-state index contributed by atoms with van der Waals surface area (Å²) in [6, 6.07) is 8.42. The summed E-state index contributed by atoms with van der Waals surface area (Å²) in [6.07, 6.45) is 4.58. The van der Waals surface area contributed by atoms with E-state index in [-0.39, 0.29) is 17.8 Å². The summed E-state index contributed by atoms with van der Waals surface area (Å²) in [5.41, 5.74) is 0.149. The highest BCUT2D eigenvalue weighted by atomic mass is 19.1. The van der Waals surface area contributed by atoms with Gasteiger partial charge in [-0.3, -0.25) is 9.69 Å². The van der Waals surface area contributed by atoms with Crippen LogP contribution in [0.25, 0.3) is 0 Å². The molecule has 1 fully saturated rings. The Morgan fingerprint density at radius 2 is 2.00 bits per heavy atom. The van der Waals surface area contributed by atoms with Crippen molar-refractivity contribution in [2.75, 3.05) is 14.1 Å². The lowest BCUT2D eigenvalue weighted by Gasteiger charge is -2.41. The van der Waals surface area contributed by atoms with Crippen LogP contribution in [0.5, 0.6) is 0 Å². The van der Waals surface area contributed by atoms with Crippen LogP contribution in [0.3, 0.4) is 0 Å². The molecular weight excluding hydrogens is 305 g/mol. The predicted octanol–water partition coefficient (Wildman–Crippen LogP) is 3.33. The number of nitrogens with zero attached hydrogens (tertiary/aromatic N) is 3. The lowest BCUT2D eigenvalue weighted by atomic mass is 9.81. The number of halogens is 1. The molecular formula is C19H26FN3O. The Morgan fingerprint density at radius 1 is 1.33 bits per heavy atom. The molecule has 0 spiro atoms. The maximum absolute atomic E-state index is 13.3. The molecule has 0 aliphatic heterocycles. The molecule has 0 radical (unpaired) electrons.